The van der Waals surface area contributed by atoms with E-state index in [9.17, 15) is 0 Å². The lowest BCUT2D eigenvalue weighted by Gasteiger charge is -2.25. The number of methoxy groups -OCH3 is 3. The Hall–Kier alpha value is -2.40. The molecular formula is C23H32O4Si. The van der Waals surface area contributed by atoms with Gasteiger partial charge in [-0.05, 0) is 42.9 Å². The molecule has 0 N–H and O–H groups in total. The maximum Gasteiger partial charge on any atom is 0.245 e. The van der Waals surface area contributed by atoms with Crippen LogP contribution >= 0.6 is 0 Å². The molecule has 5 heteroatoms. The summed E-state index contributed by atoms with van der Waals surface area (Å²) in [6, 6.07) is 13.2. The van der Waals surface area contributed by atoms with E-state index >= 15 is 0 Å². The monoisotopic (exact) mass is 400 g/mol. The Morgan fingerprint density at radius 3 is 2.07 bits per heavy atom. The van der Waals surface area contributed by atoms with E-state index in [1.807, 2.05) is 30.3 Å². The van der Waals surface area contributed by atoms with Crippen LogP contribution < -0.4 is 18.6 Å². The standard InChI is InChI=1S/C23H32O4Si/c1-7-8-15-28(5,6)27-20-12-10-9-11-19(20)14-13-18-16-21(24-2)23(26-4)22(17-18)25-3/h9-14,16-17H,7-8,15H2,1-6H3. The Balaban J connectivity index is 2.30. The summed E-state index contributed by atoms with van der Waals surface area (Å²) in [5.74, 6) is 2.81. The van der Waals surface area contributed by atoms with E-state index in [1.54, 1.807) is 21.3 Å². The molecule has 2 aromatic rings. The molecule has 4 nitrogen and oxygen atoms in total. The Bertz CT molecular complexity index is 774. The Labute approximate surface area is 170 Å². The van der Waals surface area contributed by atoms with Crippen molar-refractivity contribution in [2.75, 3.05) is 21.3 Å². The van der Waals surface area contributed by atoms with Crippen molar-refractivity contribution in [1.82, 2.24) is 0 Å². The second-order valence-electron chi connectivity index (χ2n) is 7.30. The molecule has 0 saturated carbocycles. The molecule has 0 bridgehead atoms. The second-order valence-corrected chi connectivity index (χ2v) is 11.5. The molecule has 0 radical (unpaired) electrons. The summed E-state index contributed by atoms with van der Waals surface area (Å²) in [7, 11) is 3.11. The smallest absolute Gasteiger partial charge is 0.245 e. The first-order valence-corrected chi connectivity index (χ1v) is 12.8. The largest absolute Gasteiger partial charge is 0.544 e. The number of hydrogen-bond donors (Lipinski definition) is 0. The van der Waals surface area contributed by atoms with Gasteiger partial charge in [-0.2, -0.15) is 0 Å². The van der Waals surface area contributed by atoms with Gasteiger partial charge in [0.2, 0.25) is 14.1 Å². The molecule has 28 heavy (non-hydrogen) atoms. The van der Waals surface area contributed by atoms with Crippen LogP contribution in [0.3, 0.4) is 0 Å². The minimum atomic E-state index is -1.74. The number of ether oxygens (including phenoxy) is 3. The highest BCUT2D eigenvalue weighted by molar-refractivity contribution is 6.71. The lowest BCUT2D eigenvalue weighted by Crippen LogP contribution is -2.34. The summed E-state index contributed by atoms with van der Waals surface area (Å²) in [4.78, 5) is 0. The van der Waals surface area contributed by atoms with Gasteiger partial charge in [-0.25, -0.2) is 0 Å². The molecule has 0 atom stereocenters. The van der Waals surface area contributed by atoms with Gasteiger partial charge in [0.05, 0.1) is 21.3 Å². The van der Waals surface area contributed by atoms with Crippen LogP contribution in [0.15, 0.2) is 36.4 Å². The molecule has 2 rings (SSSR count). The highest BCUT2D eigenvalue weighted by Gasteiger charge is 2.24. The normalized spacial score (nSPS) is 11.5. The van der Waals surface area contributed by atoms with E-state index in [1.165, 1.54) is 12.8 Å². The predicted molar refractivity (Wildman–Crippen MR) is 119 cm³/mol. The fourth-order valence-electron chi connectivity index (χ4n) is 3.05. The first kappa shape index (κ1) is 21.9. The summed E-state index contributed by atoms with van der Waals surface area (Å²) < 4.78 is 22.7. The van der Waals surface area contributed by atoms with Gasteiger partial charge in [0, 0.05) is 5.56 Å². The number of unbranched alkanes of at least 4 members (excludes halogenated alkanes) is 1. The molecule has 0 aliphatic carbocycles. The molecular weight excluding hydrogens is 368 g/mol. The van der Waals surface area contributed by atoms with Crippen molar-refractivity contribution < 1.29 is 18.6 Å². The first-order chi connectivity index (χ1) is 13.4. The lowest BCUT2D eigenvalue weighted by molar-refractivity contribution is 0.324. The van der Waals surface area contributed by atoms with Gasteiger partial charge in [0.1, 0.15) is 5.75 Å². The lowest BCUT2D eigenvalue weighted by atomic mass is 10.1. The van der Waals surface area contributed by atoms with Crippen LogP contribution in [0, 0.1) is 0 Å². The summed E-state index contributed by atoms with van der Waals surface area (Å²) in [5, 5.41) is 0. The van der Waals surface area contributed by atoms with Gasteiger partial charge in [-0.1, -0.05) is 50.1 Å². The summed E-state index contributed by atoms with van der Waals surface area (Å²) >= 11 is 0. The number of benzene rings is 2. The third-order valence-corrected chi connectivity index (χ3v) is 6.91. The first-order valence-electron chi connectivity index (χ1n) is 9.70. The minimum absolute atomic E-state index is 0.592. The van der Waals surface area contributed by atoms with Gasteiger partial charge in [0.15, 0.2) is 11.5 Å². The zero-order chi connectivity index (χ0) is 20.6. The molecule has 2 aromatic carbocycles. The second kappa shape index (κ2) is 10.2. The molecule has 0 aromatic heterocycles. The number of rotatable bonds is 10. The fourth-order valence-corrected chi connectivity index (χ4v) is 5.13. The van der Waals surface area contributed by atoms with Crippen LogP contribution in [0.4, 0.5) is 0 Å². The molecule has 0 saturated heterocycles. The van der Waals surface area contributed by atoms with Gasteiger partial charge < -0.3 is 18.6 Å². The van der Waals surface area contributed by atoms with Crippen molar-refractivity contribution in [1.29, 1.82) is 0 Å². The Kier molecular flexibility index (Phi) is 8.00. The highest BCUT2D eigenvalue weighted by atomic mass is 28.4. The van der Waals surface area contributed by atoms with Crippen LogP contribution in [0.5, 0.6) is 23.0 Å². The topological polar surface area (TPSA) is 36.9 Å². The van der Waals surface area contributed by atoms with E-state index in [0.717, 1.165) is 22.9 Å². The van der Waals surface area contributed by atoms with E-state index in [4.69, 9.17) is 18.6 Å². The van der Waals surface area contributed by atoms with E-state index in [-0.39, 0.29) is 0 Å². The zero-order valence-corrected chi connectivity index (χ0v) is 18.9. The fraction of sp³-hybridized carbons (Fsp3) is 0.391. The molecule has 0 unspecified atom stereocenters. The van der Waals surface area contributed by atoms with E-state index in [2.05, 4.69) is 38.2 Å². The summed E-state index contributed by atoms with van der Waals surface area (Å²) in [6.45, 7) is 6.78. The third-order valence-electron chi connectivity index (χ3n) is 4.58. The SMILES string of the molecule is CCCC[Si](C)(C)Oc1ccccc1C=Cc1cc(OC)c(OC)c(OC)c1. The minimum Gasteiger partial charge on any atom is -0.544 e. The molecule has 0 fully saturated rings. The molecule has 0 amide bonds. The summed E-state index contributed by atoms with van der Waals surface area (Å²) in [5.41, 5.74) is 2.03. The van der Waals surface area contributed by atoms with Crippen molar-refractivity contribution >= 4 is 20.5 Å². The Morgan fingerprint density at radius 1 is 0.857 bits per heavy atom. The van der Waals surface area contributed by atoms with Crippen molar-refractivity contribution in [3.05, 3.63) is 47.5 Å². The maximum absolute atomic E-state index is 6.47. The van der Waals surface area contributed by atoms with Gasteiger partial charge in [0.25, 0.3) is 0 Å². The van der Waals surface area contributed by atoms with Crippen molar-refractivity contribution in [3.8, 4) is 23.0 Å². The van der Waals surface area contributed by atoms with E-state index in [0.29, 0.717) is 17.2 Å². The average molecular weight is 401 g/mol. The van der Waals surface area contributed by atoms with Crippen LogP contribution in [-0.4, -0.2) is 29.6 Å². The summed E-state index contributed by atoms with van der Waals surface area (Å²) in [6.07, 6.45) is 6.51. The van der Waals surface area contributed by atoms with Gasteiger partial charge >= 0.3 is 0 Å². The number of para-hydroxylation sites is 1. The van der Waals surface area contributed by atoms with Crippen molar-refractivity contribution in [3.63, 3.8) is 0 Å². The molecule has 0 heterocycles. The van der Waals surface area contributed by atoms with Crippen LogP contribution in [-0.2, 0) is 0 Å². The average Bonchev–Trinajstić information content (AvgIpc) is 2.70. The van der Waals surface area contributed by atoms with Gasteiger partial charge in [-0.15, -0.1) is 0 Å². The molecule has 152 valence electrons. The van der Waals surface area contributed by atoms with Crippen LogP contribution in [0.2, 0.25) is 19.1 Å². The zero-order valence-electron chi connectivity index (χ0n) is 17.9. The van der Waals surface area contributed by atoms with E-state index < -0.39 is 8.32 Å². The Morgan fingerprint density at radius 2 is 1.50 bits per heavy atom. The maximum atomic E-state index is 6.47. The molecule has 0 aliphatic rings. The number of hydrogen-bond acceptors (Lipinski definition) is 4. The van der Waals surface area contributed by atoms with Crippen molar-refractivity contribution in [2.24, 2.45) is 0 Å². The van der Waals surface area contributed by atoms with Gasteiger partial charge in [-0.3, -0.25) is 0 Å². The molecule has 0 spiro atoms. The third kappa shape index (κ3) is 5.80. The molecule has 0 aliphatic heterocycles. The highest BCUT2D eigenvalue weighted by Crippen LogP contribution is 2.38. The van der Waals surface area contributed by atoms with Crippen LogP contribution in [0.1, 0.15) is 30.9 Å². The van der Waals surface area contributed by atoms with Crippen LogP contribution in [0.25, 0.3) is 12.2 Å². The van der Waals surface area contributed by atoms with Crippen molar-refractivity contribution in [2.45, 2.75) is 38.9 Å². The quantitative estimate of drug-likeness (QED) is 0.348. The predicted octanol–water partition coefficient (Wildman–Crippen LogP) is 6.27.